The van der Waals surface area contributed by atoms with Crippen molar-refractivity contribution in [3.05, 3.63) is 30.3 Å². The van der Waals surface area contributed by atoms with Crippen LogP contribution in [0.4, 0.5) is 0 Å². The zero-order chi connectivity index (χ0) is 12.7. The monoisotopic (exact) mass is 243 g/mol. The van der Waals surface area contributed by atoms with Crippen LogP contribution in [0.15, 0.2) is 30.3 Å². The van der Waals surface area contributed by atoms with Crippen LogP contribution in [0.1, 0.15) is 44.9 Å². The summed E-state index contributed by atoms with van der Waals surface area (Å²) in [7, 11) is 0. The highest BCUT2D eigenvalue weighted by molar-refractivity contribution is 5.20. The fourth-order valence-corrected chi connectivity index (χ4v) is 2.76. The lowest BCUT2D eigenvalue weighted by molar-refractivity contribution is 0.217. The Balaban J connectivity index is 1.73. The molecule has 0 aromatic heterocycles. The van der Waals surface area contributed by atoms with E-state index in [2.05, 4.69) is 6.07 Å². The summed E-state index contributed by atoms with van der Waals surface area (Å²) in [4.78, 5) is 0. The SMILES string of the molecule is N#CC1(CCCOc2ccccc2)CCCCC1. The van der Waals surface area contributed by atoms with Gasteiger partial charge in [-0.15, -0.1) is 0 Å². The molecule has 1 aromatic rings. The van der Waals surface area contributed by atoms with Gasteiger partial charge in [-0.2, -0.15) is 5.26 Å². The van der Waals surface area contributed by atoms with Gasteiger partial charge in [0.15, 0.2) is 0 Å². The van der Waals surface area contributed by atoms with E-state index in [1.807, 2.05) is 30.3 Å². The molecule has 0 atom stereocenters. The second-order valence-electron chi connectivity index (χ2n) is 5.22. The van der Waals surface area contributed by atoms with Gasteiger partial charge in [-0.3, -0.25) is 0 Å². The average Bonchev–Trinajstić information content (AvgIpc) is 2.46. The summed E-state index contributed by atoms with van der Waals surface area (Å²) in [5, 5.41) is 9.37. The highest BCUT2D eigenvalue weighted by Crippen LogP contribution is 2.39. The summed E-state index contributed by atoms with van der Waals surface area (Å²) in [6, 6.07) is 12.5. The molecule has 2 nitrogen and oxygen atoms in total. The van der Waals surface area contributed by atoms with Crippen molar-refractivity contribution in [1.82, 2.24) is 0 Å². The topological polar surface area (TPSA) is 33.0 Å². The smallest absolute Gasteiger partial charge is 0.119 e. The number of ether oxygens (including phenoxy) is 1. The molecule has 1 fully saturated rings. The van der Waals surface area contributed by atoms with Gasteiger partial charge in [-0.25, -0.2) is 0 Å². The predicted octanol–water partition coefficient (Wildman–Crippen LogP) is 4.32. The summed E-state index contributed by atoms with van der Waals surface area (Å²) in [5.74, 6) is 0.923. The molecule has 0 unspecified atom stereocenters. The van der Waals surface area contributed by atoms with E-state index in [0.29, 0.717) is 6.61 Å². The van der Waals surface area contributed by atoms with Crippen LogP contribution in [-0.4, -0.2) is 6.61 Å². The molecule has 0 radical (unpaired) electrons. The quantitative estimate of drug-likeness (QED) is 0.721. The molecular weight excluding hydrogens is 222 g/mol. The predicted molar refractivity (Wildman–Crippen MR) is 72.3 cm³/mol. The molecule has 2 rings (SSSR count). The van der Waals surface area contributed by atoms with Crippen LogP contribution in [0.25, 0.3) is 0 Å². The number of para-hydroxylation sites is 1. The second-order valence-corrected chi connectivity index (χ2v) is 5.22. The van der Waals surface area contributed by atoms with Crippen molar-refractivity contribution in [1.29, 1.82) is 5.26 Å². The third kappa shape index (κ3) is 3.50. The van der Waals surface area contributed by atoms with Gasteiger partial charge >= 0.3 is 0 Å². The van der Waals surface area contributed by atoms with Gasteiger partial charge in [0.1, 0.15) is 5.75 Å². The third-order valence-corrected chi connectivity index (χ3v) is 3.86. The fourth-order valence-electron chi connectivity index (χ4n) is 2.76. The van der Waals surface area contributed by atoms with E-state index in [9.17, 15) is 5.26 Å². The highest BCUT2D eigenvalue weighted by atomic mass is 16.5. The van der Waals surface area contributed by atoms with Crippen LogP contribution in [-0.2, 0) is 0 Å². The molecule has 0 N–H and O–H groups in total. The van der Waals surface area contributed by atoms with Crippen LogP contribution in [0.2, 0.25) is 0 Å². The Labute approximate surface area is 110 Å². The van der Waals surface area contributed by atoms with Crippen LogP contribution in [0.3, 0.4) is 0 Å². The number of nitriles is 1. The molecule has 0 aliphatic heterocycles. The van der Waals surface area contributed by atoms with Gasteiger partial charge in [0.05, 0.1) is 18.1 Å². The first-order chi connectivity index (χ1) is 8.85. The third-order valence-electron chi connectivity index (χ3n) is 3.86. The Morgan fingerprint density at radius 2 is 1.83 bits per heavy atom. The van der Waals surface area contributed by atoms with Crippen LogP contribution >= 0.6 is 0 Å². The van der Waals surface area contributed by atoms with Crippen LogP contribution < -0.4 is 4.74 Å². The molecule has 1 aromatic carbocycles. The number of nitrogens with zero attached hydrogens (tertiary/aromatic N) is 1. The zero-order valence-electron chi connectivity index (χ0n) is 10.9. The van der Waals surface area contributed by atoms with Crippen molar-refractivity contribution in [3.8, 4) is 11.8 Å². The summed E-state index contributed by atoms with van der Waals surface area (Å²) >= 11 is 0. The number of benzene rings is 1. The van der Waals surface area contributed by atoms with Crippen molar-refractivity contribution in [2.45, 2.75) is 44.9 Å². The molecule has 0 bridgehead atoms. The Morgan fingerprint density at radius 3 is 2.50 bits per heavy atom. The van der Waals surface area contributed by atoms with Crippen LogP contribution in [0.5, 0.6) is 5.75 Å². The Morgan fingerprint density at radius 1 is 1.11 bits per heavy atom. The molecule has 96 valence electrons. The van der Waals surface area contributed by atoms with E-state index < -0.39 is 0 Å². The van der Waals surface area contributed by atoms with Gasteiger partial charge in [0.25, 0.3) is 0 Å². The van der Waals surface area contributed by atoms with Gasteiger partial charge in [0.2, 0.25) is 0 Å². The molecule has 18 heavy (non-hydrogen) atoms. The molecule has 0 saturated heterocycles. The second kappa shape index (κ2) is 6.44. The maximum atomic E-state index is 9.37. The van der Waals surface area contributed by atoms with Crippen molar-refractivity contribution in [2.24, 2.45) is 5.41 Å². The van der Waals surface area contributed by atoms with Gasteiger partial charge < -0.3 is 4.74 Å². The number of hydrogen-bond donors (Lipinski definition) is 0. The molecular formula is C16H21NO. The molecule has 0 spiro atoms. The first-order valence-electron chi connectivity index (χ1n) is 6.94. The fraction of sp³-hybridized carbons (Fsp3) is 0.562. The average molecular weight is 243 g/mol. The van der Waals surface area contributed by atoms with Crippen molar-refractivity contribution in [3.63, 3.8) is 0 Å². The molecule has 1 saturated carbocycles. The van der Waals surface area contributed by atoms with Gasteiger partial charge in [-0.05, 0) is 37.8 Å². The van der Waals surface area contributed by atoms with E-state index >= 15 is 0 Å². The van der Waals surface area contributed by atoms with Crippen LogP contribution in [0, 0.1) is 16.7 Å². The lowest BCUT2D eigenvalue weighted by atomic mass is 9.72. The maximum absolute atomic E-state index is 9.37. The molecule has 0 amide bonds. The lowest BCUT2D eigenvalue weighted by Crippen LogP contribution is -2.22. The maximum Gasteiger partial charge on any atom is 0.119 e. The highest BCUT2D eigenvalue weighted by Gasteiger charge is 2.31. The molecule has 2 heteroatoms. The van der Waals surface area contributed by atoms with Gasteiger partial charge in [-0.1, -0.05) is 37.5 Å². The Hall–Kier alpha value is -1.49. The number of rotatable bonds is 5. The summed E-state index contributed by atoms with van der Waals surface area (Å²) in [6.45, 7) is 0.716. The van der Waals surface area contributed by atoms with Crippen molar-refractivity contribution >= 4 is 0 Å². The van der Waals surface area contributed by atoms with Crippen molar-refractivity contribution in [2.75, 3.05) is 6.61 Å². The largest absolute Gasteiger partial charge is 0.494 e. The minimum atomic E-state index is -0.0572. The van der Waals surface area contributed by atoms with Gasteiger partial charge in [0, 0.05) is 0 Å². The van der Waals surface area contributed by atoms with E-state index in [0.717, 1.165) is 31.4 Å². The lowest BCUT2D eigenvalue weighted by Gasteiger charge is -2.30. The van der Waals surface area contributed by atoms with E-state index in [1.165, 1.54) is 19.3 Å². The first-order valence-corrected chi connectivity index (χ1v) is 6.94. The Bertz CT molecular complexity index is 387. The van der Waals surface area contributed by atoms with E-state index in [1.54, 1.807) is 0 Å². The van der Waals surface area contributed by atoms with Crippen molar-refractivity contribution < 1.29 is 4.74 Å². The van der Waals surface area contributed by atoms with E-state index in [-0.39, 0.29) is 5.41 Å². The minimum Gasteiger partial charge on any atom is -0.494 e. The summed E-state index contributed by atoms with van der Waals surface area (Å²) in [5.41, 5.74) is -0.0572. The summed E-state index contributed by atoms with van der Waals surface area (Å²) < 4.78 is 5.68. The zero-order valence-corrected chi connectivity index (χ0v) is 10.9. The number of hydrogen-bond acceptors (Lipinski definition) is 2. The first kappa shape index (κ1) is 13.0. The minimum absolute atomic E-state index is 0.0572. The molecule has 0 heterocycles. The van der Waals surface area contributed by atoms with E-state index in [4.69, 9.17) is 4.74 Å². The normalized spacial score (nSPS) is 17.9. The standard InChI is InChI=1S/C16H21NO/c17-14-16(10-5-2-6-11-16)12-7-13-18-15-8-3-1-4-9-15/h1,3-4,8-9H,2,5-7,10-13H2. The molecule has 1 aliphatic rings. The molecule has 1 aliphatic carbocycles. The summed E-state index contributed by atoms with van der Waals surface area (Å²) in [6.07, 6.45) is 7.84. The Kier molecular flexibility index (Phi) is 4.64.